The monoisotopic (exact) mass is 386 g/mol. The highest BCUT2D eigenvalue weighted by molar-refractivity contribution is 6.04. The van der Waals surface area contributed by atoms with Gasteiger partial charge in [-0.05, 0) is 55.5 Å². The predicted molar refractivity (Wildman–Crippen MR) is 110 cm³/mol. The molecule has 0 unspecified atom stereocenters. The summed E-state index contributed by atoms with van der Waals surface area (Å²) in [5.41, 5.74) is 2.54. The Morgan fingerprint density at radius 3 is 2.34 bits per heavy atom. The third-order valence-electron chi connectivity index (χ3n) is 4.06. The molecular formula is C23H18N2O4. The summed E-state index contributed by atoms with van der Waals surface area (Å²) in [5.74, 6) is 5.05. The van der Waals surface area contributed by atoms with E-state index in [0.29, 0.717) is 28.1 Å². The fraction of sp³-hybridized carbons (Fsp3) is 0.0870. The van der Waals surface area contributed by atoms with E-state index in [1.807, 2.05) is 0 Å². The van der Waals surface area contributed by atoms with Crippen molar-refractivity contribution < 1.29 is 14.3 Å². The molecule has 0 aliphatic heterocycles. The Morgan fingerprint density at radius 1 is 0.966 bits per heavy atom. The van der Waals surface area contributed by atoms with E-state index >= 15 is 0 Å². The first-order chi connectivity index (χ1) is 14.0. The molecule has 0 bridgehead atoms. The highest BCUT2D eigenvalue weighted by Crippen LogP contribution is 2.12. The summed E-state index contributed by atoms with van der Waals surface area (Å²) in [6.45, 7) is 1.74. The van der Waals surface area contributed by atoms with Crippen LogP contribution in [-0.2, 0) is 4.74 Å². The molecule has 2 aromatic carbocycles. The van der Waals surface area contributed by atoms with E-state index in [1.165, 1.54) is 13.2 Å². The molecule has 3 aromatic rings. The largest absolute Gasteiger partial charge is 0.465 e. The van der Waals surface area contributed by atoms with Crippen LogP contribution in [0.15, 0.2) is 65.5 Å². The van der Waals surface area contributed by atoms with Gasteiger partial charge < -0.3 is 15.0 Å². The molecule has 0 aliphatic carbocycles. The minimum Gasteiger partial charge on any atom is -0.465 e. The number of aromatic nitrogens is 1. The fourth-order valence-electron chi connectivity index (χ4n) is 2.61. The van der Waals surface area contributed by atoms with Crippen LogP contribution in [0.5, 0.6) is 0 Å². The average molecular weight is 386 g/mol. The number of pyridine rings is 1. The number of benzene rings is 2. The molecule has 1 amide bonds. The van der Waals surface area contributed by atoms with Crippen molar-refractivity contribution in [2.45, 2.75) is 6.92 Å². The van der Waals surface area contributed by atoms with Crippen molar-refractivity contribution in [3.05, 3.63) is 99.0 Å². The van der Waals surface area contributed by atoms with Crippen molar-refractivity contribution in [2.75, 3.05) is 12.4 Å². The number of rotatable bonds is 3. The predicted octanol–water partition coefficient (Wildman–Crippen LogP) is 3.12. The van der Waals surface area contributed by atoms with Crippen molar-refractivity contribution in [3.63, 3.8) is 0 Å². The Labute approximate surface area is 167 Å². The first-order valence-corrected chi connectivity index (χ1v) is 8.78. The molecular weight excluding hydrogens is 368 g/mol. The molecule has 2 N–H and O–H groups in total. The smallest absolute Gasteiger partial charge is 0.337 e. The lowest BCUT2D eigenvalue weighted by molar-refractivity contribution is 0.0600. The van der Waals surface area contributed by atoms with Crippen LogP contribution in [-0.4, -0.2) is 24.0 Å². The standard InChI is InChI=1S/C23H18N2O4/c1-15-9-12-20(21(26)24-15)22(27)25-19-8-4-6-17(14-19)11-10-16-5-3-7-18(13-16)23(28)29-2/h3-9,12-14H,1-2H3,(H,24,26)(H,25,27). The van der Waals surface area contributed by atoms with E-state index in [4.69, 9.17) is 4.74 Å². The van der Waals surface area contributed by atoms with Crippen LogP contribution in [0.4, 0.5) is 5.69 Å². The summed E-state index contributed by atoms with van der Waals surface area (Å²) in [6, 6.07) is 16.9. The molecule has 144 valence electrons. The van der Waals surface area contributed by atoms with Crippen molar-refractivity contribution in [2.24, 2.45) is 0 Å². The van der Waals surface area contributed by atoms with E-state index in [2.05, 4.69) is 22.1 Å². The molecule has 0 spiro atoms. The Bertz CT molecular complexity index is 1200. The number of aryl methyl sites for hydroxylation is 1. The normalized spacial score (nSPS) is 9.86. The average Bonchev–Trinajstić information content (AvgIpc) is 2.72. The lowest BCUT2D eigenvalue weighted by Gasteiger charge is -2.05. The quantitative estimate of drug-likeness (QED) is 0.535. The molecule has 0 atom stereocenters. The third-order valence-corrected chi connectivity index (χ3v) is 4.06. The van der Waals surface area contributed by atoms with Crippen molar-refractivity contribution in [1.82, 2.24) is 4.98 Å². The number of carbonyl (C=O) groups excluding carboxylic acids is 2. The SMILES string of the molecule is COC(=O)c1cccc(C#Cc2cccc(NC(=O)c3ccc(C)[nH]c3=O)c2)c1. The number of amides is 1. The van der Waals surface area contributed by atoms with Gasteiger partial charge >= 0.3 is 5.97 Å². The van der Waals surface area contributed by atoms with Gasteiger partial charge in [0, 0.05) is 22.5 Å². The number of hydrogen-bond donors (Lipinski definition) is 2. The van der Waals surface area contributed by atoms with Crippen LogP contribution in [0.2, 0.25) is 0 Å². The zero-order valence-electron chi connectivity index (χ0n) is 15.9. The minimum absolute atomic E-state index is 0.0340. The number of nitrogens with one attached hydrogen (secondary N) is 2. The van der Waals surface area contributed by atoms with Crippen molar-refractivity contribution >= 4 is 17.6 Å². The lowest BCUT2D eigenvalue weighted by atomic mass is 10.1. The summed E-state index contributed by atoms with van der Waals surface area (Å²) in [7, 11) is 1.32. The first-order valence-electron chi connectivity index (χ1n) is 8.78. The molecule has 1 heterocycles. The van der Waals surface area contributed by atoms with Crippen molar-refractivity contribution in [1.29, 1.82) is 0 Å². The molecule has 0 saturated heterocycles. The molecule has 0 fully saturated rings. The second-order valence-electron chi connectivity index (χ2n) is 6.24. The zero-order chi connectivity index (χ0) is 20.8. The van der Waals surface area contributed by atoms with E-state index in [0.717, 1.165) is 0 Å². The van der Waals surface area contributed by atoms with Gasteiger partial charge in [-0.2, -0.15) is 0 Å². The number of carbonyl (C=O) groups is 2. The molecule has 6 heteroatoms. The second kappa shape index (κ2) is 8.72. The number of H-pyrrole nitrogens is 1. The number of methoxy groups -OCH3 is 1. The molecule has 0 aliphatic rings. The van der Waals surface area contributed by atoms with Crippen LogP contribution in [0.1, 0.15) is 37.5 Å². The molecule has 1 aromatic heterocycles. The Morgan fingerprint density at radius 2 is 1.66 bits per heavy atom. The van der Waals surface area contributed by atoms with Gasteiger partial charge in [0.1, 0.15) is 5.56 Å². The molecule has 0 radical (unpaired) electrons. The topological polar surface area (TPSA) is 88.3 Å². The Hall–Kier alpha value is -4.11. The Kier molecular flexibility index (Phi) is 5.91. The van der Waals surface area contributed by atoms with Gasteiger partial charge in [0.15, 0.2) is 0 Å². The third kappa shape index (κ3) is 4.99. The van der Waals surface area contributed by atoms with E-state index in [-0.39, 0.29) is 5.56 Å². The number of esters is 1. The molecule has 29 heavy (non-hydrogen) atoms. The van der Waals surface area contributed by atoms with Crippen LogP contribution in [0, 0.1) is 18.8 Å². The van der Waals surface area contributed by atoms with Gasteiger partial charge in [-0.1, -0.05) is 24.0 Å². The number of ether oxygens (including phenoxy) is 1. The lowest BCUT2D eigenvalue weighted by Crippen LogP contribution is -2.23. The first kappa shape index (κ1) is 19.6. The highest BCUT2D eigenvalue weighted by Gasteiger charge is 2.10. The second-order valence-corrected chi connectivity index (χ2v) is 6.24. The fourth-order valence-corrected chi connectivity index (χ4v) is 2.61. The summed E-state index contributed by atoms with van der Waals surface area (Å²) < 4.78 is 4.71. The van der Waals surface area contributed by atoms with E-state index in [1.54, 1.807) is 61.5 Å². The number of aromatic amines is 1. The maximum Gasteiger partial charge on any atom is 0.337 e. The maximum atomic E-state index is 12.4. The van der Waals surface area contributed by atoms with Crippen molar-refractivity contribution in [3.8, 4) is 11.8 Å². The van der Waals surface area contributed by atoms with Gasteiger partial charge in [0.05, 0.1) is 12.7 Å². The van der Waals surface area contributed by atoms with Crippen LogP contribution in [0.3, 0.4) is 0 Å². The van der Waals surface area contributed by atoms with Gasteiger partial charge in [0.25, 0.3) is 11.5 Å². The maximum absolute atomic E-state index is 12.4. The summed E-state index contributed by atoms with van der Waals surface area (Å²) in [6.07, 6.45) is 0. The van der Waals surface area contributed by atoms with Crippen LogP contribution < -0.4 is 10.9 Å². The Balaban J connectivity index is 1.79. The van der Waals surface area contributed by atoms with Gasteiger partial charge in [-0.25, -0.2) is 4.79 Å². The molecule has 0 saturated carbocycles. The summed E-state index contributed by atoms with van der Waals surface area (Å²) >= 11 is 0. The van der Waals surface area contributed by atoms with Crippen LogP contribution in [0.25, 0.3) is 0 Å². The van der Waals surface area contributed by atoms with Gasteiger partial charge in [0.2, 0.25) is 0 Å². The number of anilines is 1. The molecule has 3 rings (SSSR count). The van der Waals surface area contributed by atoms with Gasteiger partial charge in [-0.3, -0.25) is 9.59 Å². The zero-order valence-corrected chi connectivity index (χ0v) is 15.9. The number of hydrogen-bond acceptors (Lipinski definition) is 4. The van der Waals surface area contributed by atoms with Crippen LogP contribution >= 0.6 is 0 Å². The summed E-state index contributed by atoms with van der Waals surface area (Å²) in [4.78, 5) is 38.5. The molecule has 6 nitrogen and oxygen atoms in total. The summed E-state index contributed by atoms with van der Waals surface area (Å²) in [5, 5.41) is 2.70. The van der Waals surface area contributed by atoms with E-state index < -0.39 is 17.4 Å². The highest BCUT2D eigenvalue weighted by atomic mass is 16.5. The van der Waals surface area contributed by atoms with E-state index in [9.17, 15) is 14.4 Å². The van der Waals surface area contributed by atoms with Gasteiger partial charge in [-0.15, -0.1) is 0 Å². The minimum atomic E-state index is -0.498.